The van der Waals surface area contributed by atoms with Gasteiger partial charge in [0.25, 0.3) is 0 Å². The average Bonchev–Trinajstić information content (AvgIpc) is 3.11. The molecule has 2 N–H and O–H groups in total. The molecule has 1 fully saturated rings. The summed E-state index contributed by atoms with van der Waals surface area (Å²) >= 11 is 0. The van der Waals surface area contributed by atoms with E-state index in [9.17, 15) is 13.2 Å². The van der Waals surface area contributed by atoms with E-state index in [4.69, 9.17) is 0 Å². The van der Waals surface area contributed by atoms with Crippen molar-refractivity contribution >= 4 is 5.96 Å². The number of likely N-dealkylation sites (tertiary alicyclic amines) is 1. The maximum absolute atomic E-state index is 12.5. The third-order valence-corrected chi connectivity index (χ3v) is 4.93. The van der Waals surface area contributed by atoms with E-state index < -0.39 is 12.7 Å². The van der Waals surface area contributed by atoms with E-state index in [1.54, 1.807) is 0 Å². The standard InChI is InChI=1S/C17H28F3N7/c1-2-21-16(23-13-7-9-26(11-13)12-17(18,19)20)22-10-15-25-24-14-6-4-3-5-8-27(14)15/h13H,2-12H2,1H3,(H2,21,22,23). The van der Waals surface area contributed by atoms with Crippen molar-refractivity contribution in [2.24, 2.45) is 4.99 Å². The van der Waals surface area contributed by atoms with Gasteiger partial charge in [-0.2, -0.15) is 13.2 Å². The number of fused-ring (bicyclic) bond motifs is 1. The van der Waals surface area contributed by atoms with Crippen molar-refractivity contribution in [3.63, 3.8) is 0 Å². The highest BCUT2D eigenvalue weighted by atomic mass is 19.4. The zero-order chi connectivity index (χ0) is 19.3. The lowest BCUT2D eigenvalue weighted by Crippen LogP contribution is -2.45. The van der Waals surface area contributed by atoms with Gasteiger partial charge in [-0.3, -0.25) is 4.90 Å². The van der Waals surface area contributed by atoms with Crippen molar-refractivity contribution in [1.82, 2.24) is 30.3 Å². The van der Waals surface area contributed by atoms with Gasteiger partial charge in [0.2, 0.25) is 0 Å². The minimum absolute atomic E-state index is 0.0411. The summed E-state index contributed by atoms with van der Waals surface area (Å²) in [4.78, 5) is 6.02. The Balaban J connectivity index is 1.58. The van der Waals surface area contributed by atoms with Crippen LogP contribution in [0.2, 0.25) is 0 Å². The number of hydrogen-bond acceptors (Lipinski definition) is 4. The smallest absolute Gasteiger partial charge is 0.357 e. The highest BCUT2D eigenvalue weighted by Gasteiger charge is 2.34. The van der Waals surface area contributed by atoms with E-state index in [0.29, 0.717) is 38.6 Å². The molecule has 2 aliphatic heterocycles. The zero-order valence-electron chi connectivity index (χ0n) is 15.7. The molecule has 0 aliphatic carbocycles. The number of aliphatic imine (C=N–C) groups is 1. The van der Waals surface area contributed by atoms with Crippen LogP contribution in [0.15, 0.2) is 4.99 Å². The number of halogens is 3. The van der Waals surface area contributed by atoms with Crippen LogP contribution in [0.4, 0.5) is 13.2 Å². The lowest BCUT2D eigenvalue weighted by molar-refractivity contribution is -0.143. The van der Waals surface area contributed by atoms with Crippen molar-refractivity contribution in [3.05, 3.63) is 11.6 Å². The predicted octanol–water partition coefficient (Wildman–Crippen LogP) is 1.70. The van der Waals surface area contributed by atoms with Gasteiger partial charge in [-0.25, -0.2) is 4.99 Å². The number of nitrogens with zero attached hydrogens (tertiary/aromatic N) is 5. The normalized spacial score (nSPS) is 21.8. The topological polar surface area (TPSA) is 70.4 Å². The van der Waals surface area contributed by atoms with E-state index in [2.05, 4.69) is 30.4 Å². The highest BCUT2D eigenvalue weighted by Crippen LogP contribution is 2.20. The first-order valence-corrected chi connectivity index (χ1v) is 9.69. The molecule has 0 amide bonds. The fourth-order valence-electron chi connectivity index (χ4n) is 3.67. The second kappa shape index (κ2) is 8.90. The molecule has 0 saturated carbocycles. The van der Waals surface area contributed by atoms with Crippen LogP contribution in [-0.4, -0.2) is 64.0 Å². The van der Waals surface area contributed by atoms with Gasteiger partial charge in [0.1, 0.15) is 12.4 Å². The first kappa shape index (κ1) is 19.9. The number of guanidine groups is 1. The Morgan fingerprint density at radius 2 is 2.07 bits per heavy atom. The summed E-state index contributed by atoms with van der Waals surface area (Å²) in [5.41, 5.74) is 0. The first-order chi connectivity index (χ1) is 12.9. The number of nitrogens with one attached hydrogen (secondary N) is 2. The van der Waals surface area contributed by atoms with Gasteiger partial charge < -0.3 is 15.2 Å². The average molecular weight is 387 g/mol. The SMILES string of the molecule is CCNC(=NCc1nnc2n1CCCCC2)NC1CCN(CC(F)(F)F)C1. The summed E-state index contributed by atoms with van der Waals surface area (Å²) in [5, 5.41) is 15.0. The second-order valence-corrected chi connectivity index (χ2v) is 7.17. The van der Waals surface area contributed by atoms with Crippen molar-refractivity contribution in [3.8, 4) is 0 Å². The minimum Gasteiger partial charge on any atom is -0.357 e. The molecular formula is C17H28F3N7. The molecule has 7 nitrogen and oxygen atoms in total. The van der Waals surface area contributed by atoms with E-state index in [0.717, 1.165) is 37.5 Å². The fraction of sp³-hybridized carbons (Fsp3) is 0.824. The number of rotatable bonds is 5. The summed E-state index contributed by atoms with van der Waals surface area (Å²) < 4.78 is 39.8. The molecule has 0 radical (unpaired) electrons. The molecule has 1 atom stereocenters. The molecule has 1 unspecified atom stereocenters. The number of alkyl halides is 3. The van der Waals surface area contributed by atoms with Crippen LogP contribution in [0.3, 0.4) is 0 Å². The Kier molecular flexibility index (Phi) is 6.56. The lowest BCUT2D eigenvalue weighted by atomic mass is 10.2. The Hall–Kier alpha value is -1.84. The van der Waals surface area contributed by atoms with Crippen molar-refractivity contribution in [2.45, 2.75) is 64.3 Å². The summed E-state index contributed by atoms with van der Waals surface area (Å²) in [6.45, 7) is 3.92. The molecule has 10 heteroatoms. The summed E-state index contributed by atoms with van der Waals surface area (Å²) in [5.74, 6) is 2.48. The van der Waals surface area contributed by atoms with Gasteiger partial charge in [0.05, 0.1) is 6.54 Å². The van der Waals surface area contributed by atoms with Gasteiger partial charge in [0.15, 0.2) is 11.8 Å². The van der Waals surface area contributed by atoms with Gasteiger partial charge in [-0.15, -0.1) is 10.2 Å². The van der Waals surface area contributed by atoms with Crippen LogP contribution in [0, 0.1) is 0 Å². The number of aryl methyl sites for hydroxylation is 1. The molecule has 2 aliphatic rings. The Morgan fingerprint density at radius 3 is 2.85 bits per heavy atom. The Bertz CT molecular complexity index is 641. The van der Waals surface area contributed by atoms with E-state index in [-0.39, 0.29) is 6.04 Å². The lowest BCUT2D eigenvalue weighted by Gasteiger charge is -2.19. The molecule has 0 aromatic carbocycles. The summed E-state index contributed by atoms with van der Waals surface area (Å²) in [6, 6.07) is -0.0411. The monoisotopic (exact) mass is 387 g/mol. The van der Waals surface area contributed by atoms with Crippen LogP contribution in [0.5, 0.6) is 0 Å². The zero-order valence-corrected chi connectivity index (χ0v) is 15.7. The molecule has 3 rings (SSSR count). The molecule has 1 saturated heterocycles. The molecule has 1 aromatic rings. The molecule has 152 valence electrons. The van der Waals surface area contributed by atoms with Crippen molar-refractivity contribution in [1.29, 1.82) is 0 Å². The number of aromatic nitrogens is 3. The van der Waals surface area contributed by atoms with Gasteiger partial charge in [-0.05, 0) is 26.2 Å². The molecule has 0 spiro atoms. The highest BCUT2D eigenvalue weighted by molar-refractivity contribution is 5.80. The quantitative estimate of drug-likeness (QED) is 0.595. The Labute approximate surface area is 157 Å². The van der Waals surface area contributed by atoms with Gasteiger partial charge >= 0.3 is 6.18 Å². The van der Waals surface area contributed by atoms with Gasteiger partial charge in [0, 0.05) is 38.6 Å². The van der Waals surface area contributed by atoms with Crippen LogP contribution < -0.4 is 10.6 Å². The maximum Gasteiger partial charge on any atom is 0.401 e. The van der Waals surface area contributed by atoms with E-state index in [1.807, 2.05) is 6.92 Å². The maximum atomic E-state index is 12.5. The minimum atomic E-state index is -4.15. The van der Waals surface area contributed by atoms with E-state index in [1.165, 1.54) is 11.3 Å². The fourth-order valence-corrected chi connectivity index (χ4v) is 3.67. The van der Waals surface area contributed by atoms with Crippen LogP contribution >= 0.6 is 0 Å². The van der Waals surface area contributed by atoms with Crippen LogP contribution in [-0.2, 0) is 19.5 Å². The molecule has 0 bridgehead atoms. The van der Waals surface area contributed by atoms with Gasteiger partial charge in [-0.1, -0.05) is 6.42 Å². The first-order valence-electron chi connectivity index (χ1n) is 9.69. The molecule has 27 heavy (non-hydrogen) atoms. The van der Waals surface area contributed by atoms with Crippen molar-refractivity contribution in [2.75, 3.05) is 26.2 Å². The summed E-state index contributed by atoms with van der Waals surface area (Å²) in [7, 11) is 0. The third-order valence-electron chi connectivity index (χ3n) is 4.93. The third kappa shape index (κ3) is 5.82. The predicted molar refractivity (Wildman–Crippen MR) is 96.4 cm³/mol. The second-order valence-electron chi connectivity index (χ2n) is 7.17. The molecule has 1 aromatic heterocycles. The number of hydrogen-bond donors (Lipinski definition) is 2. The molecular weight excluding hydrogens is 359 g/mol. The summed E-state index contributed by atoms with van der Waals surface area (Å²) in [6.07, 6.45) is 0.928. The molecule has 3 heterocycles. The Morgan fingerprint density at radius 1 is 1.22 bits per heavy atom. The van der Waals surface area contributed by atoms with Crippen LogP contribution in [0.25, 0.3) is 0 Å². The van der Waals surface area contributed by atoms with E-state index >= 15 is 0 Å². The van der Waals surface area contributed by atoms with Crippen molar-refractivity contribution < 1.29 is 13.2 Å². The van der Waals surface area contributed by atoms with Crippen LogP contribution in [0.1, 0.15) is 44.3 Å². The largest absolute Gasteiger partial charge is 0.401 e.